The summed E-state index contributed by atoms with van der Waals surface area (Å²) in [5.74, 6) is 1.81. The lowest BCUT2D eigenvalue weighted by Crippen LogP contribution is -2.16. The quantitative estimate of drug-likeness (QED) is 0.340. The predicted octanol–water partition coefficient (Wildman–Crippen LogP) is 5.26. The zero-order valence-corrected chi connectivity index (χ0v) is 18.5. The summed E-state index contributed by atoms with van der Waals surface area (Å²) in [6.45, 7) is 1.39. The second-order valence-electron chi connectivity index (χ2n) is 7.37. The van der Waals surface area contributed by atoms with Gasteiger partial charge < -0.3 is 9.26 Å². The zero-order chi connectivity index (χ0) is 21.9. The molecule has 0 bridgehead atoms. The molecular weight excluding hydrogens is 453 g/mol. The first-order valence-electron chi connectivity index (χ1n) is 10.2. The molecule has 4 aromatic rings. The van der Waals surface area contributed by atoms with Crippen LogP contribution in [0.2, 0.25) is 5.02 Å². The number of halogens is 2. The van der Waals surface area contributed by atoms with E-state index < -0.39 is 0 Å². The fourth-order valence-electron chi connectivity index (χ4n) is 3.52. The van der Waals surface area contributed by atoms with E-state index in [0.29, 0.717) is 40.0 Å². The van der Waals surface area contributed by atoms with Crippen LogP contribution in [0.25, 0.3) is 22.8 Å². The third-order valence-corrected chi connectivity index (χ3v) is 6.33. The molecule has 3 heterocycles. The van der Waals surface area contributed by atoms with Gasteiger partial charge in [0, 0.05) is 22.8 Å². The van der Waals surface area contributed by atoms with Crippen molar-refractivity contribution in [3.05, 3.63) is 65.3 Å². The van der Waals surface area contributed by atoms with Crippen LogP contribution in [0.3, 0.4) is 0 Å². The number of aromatic nitrogens is 5. The molecule has 0 spiro atoms. The lowest BCUT2D eigenvalue weighted by Gasteiger charge is -2.14. The van der Waals surface area contributed by atoms with Crippen LogP contribution in [0, 0.1) is 5.82 Å². The molecule has 1 aliphatic rings. The third kappa shape index (κ3) is 4.69. The van der Waals surface area contributed by atoms with Crippen molar-refractivity contribution in [2.75, 3.05) is 6.61 Å². The van der Waals surface area contributed by atoms with E-state index in [-0.39, 0.29) is 11.9 Å². The predicted molar refractivity (Wildman–Crippen MR) is 119 cm³/mol. The van der Waals surface area contributed by atoms with Crippen LogP contribution in [0.4, 0.5) is 4.39 Å². The number of benzene rings is 2. The average molecular weight is 472 g/mol. The van der Waals surface area contributed by atoms with Crippen LogP contribution in [0.1, 0.15) is 18.7 Å². The van der Waals surface area contributed by atoms with Crippen molar-refractivity contribution in [3.63, 3.8) is 0 Å². The maximum absolute atomic E-state index is 13.4. The Hall–Kier alpha value is -2.75. The van der Waals surface area contributed by atoms with E-state index in [4.69, 9.17) is 20.9 Å². The number of hydrogen-bond donors (Lipinski definition) is 0. The minimum Gasteiger partial charge on any atom is -0.376 e. The molecule has 1 atom stereocenters. The van der Waals surface area contributed by atoms with Crippen LogP contribution < -0.4 is 0 Å². The SMILES string of the molecule is Fc1ccc(-c2nnc(SCc3nc(-c4ccc(Cl)cc4)no3)n2CC2CCCO2)cc1. The first kappa shape index (κ1) is 21.1. The molecule has 1 saturated heterocycles. The van der Waals surface area contributed by atoms with Crippen LogP contribution in [0.15, 0.2) is 58.2 Å². The number of thioether (sulfide) groups is 1. The van der Waals surface area contributed by atoms with Gasteiger partial charge in [-0.15, -0.1) is 10.2 Å². The molecule has 0 radical (unpaired) electrons. The van der Waals surface area contributed by atoms with Crippen molar-refractivity contribution in [2.45, 2.75) is 36.4 Å². The number of hydrogen-bond acceptors (Lipinski definition) is 7. The van der Waals surface area contributed by atoms with Crippen molar-refractivity contribution in [2.24, 2.45) is 0 Å². The van der Waals surface area contributed by atoms with Gasteiger partial charge in [-0.25, -0.2) is 4.39 Å². The Labute approximate surface area is 193 Å². The molecule has 1 fully saturated rings. The van der Waals surface area contributed by atoms with Crippen molar-refractivity contribution in [3.8, 4) is 22.8 Å². The standard InChI is InChI=1S/C22H19ClFN5O2S/c23-16-7-3-14(4-8-16)20-25-19(31-28-20)13-32-22-27-26-21(15-5-9-17(24)10-6-15)29(22)12-18-2-1-11-30-18/h3-10,18H,1-2,11-13H2. The summed E-state index contributed by atoms with van der Waals surface area (Å²) in [7, 11) is 0. The fourth-order valence-corrected chi connectivity index (χ4v) is 4.43. The monoisotopic (exact) mass is 471 g/mol. The smallest absolute Gasteiger partial charge is 0.237 e. The summed E-state index contributed by atoms with van der Waals surface area (Å²) in [6, 6.07) is 13.5. The third-order valence-electron chi connectivity index (χ3n) is 5.12. The summed E-state index contributed by atoms with van der Waals surface area (Å²) >= 11 is 7.40. The molecule has 10 heteroatoms. The summed E-state index contributed by atoms with van der Waals surface area (Å²) in [5.41, 5.74) is 1.63. The highest BCUT2D eigenvalue weighted by atomic mass is 35.5. The highest BCUT2D eigenvalue weighted by molar-refractivity contribution is 7.98. The summed E-state index contributed by atoms with van der Waals surface area (Å²) < 4.78 is 26.6. The van der Waals surface area contributed by atoms with E-state index in [1.807, 2.05) is 16.7 Å². The molecule has 0 amide bonds. The lowest BCUT2D eigenvalue weighted by molar-refractivity contribution is 0.0953. The van der Waals surface area contributed by atoms with E-state index in [2.05, 4.69) is 20.3 Å². The first-order chi connectivity index (χ1) is 15.7. The Balaban J connectivity index is 1.36. The van der Waals surface area contributed by atoms with Gasteiger partial charge >= 0.3 is 0 Å². The van der Waals surface area contributed by atoms with Crippen molar-refractivity contribution < 1.29 is 13.7 Å². The molecule has 164 valence electrons. The first-order valence-corrected chi connectivity index (χ1v) is 11.5. The van der Waals surface area contributed by atoms with Crippen molar-refractivity contribution in [1.82, 2.24) is 24.9 Å². The van der Waals surface area contributed by atoms with Gasteiger partial charge in [-0.2, -0.15) is 4.98 Å². The van der Waals surface area contributed by atoms with Gasteiger partial charge in [0.1, 0.15) is 5.82 Å². The molecule has 1 aliphatic heterocycles. The van der Waals surface area contributed by atoms with Crippen LogP contribution in [-0.4, -0.2) is 37.6 Å². The largest absolute Gasteiger partial charge is 0.376 e. The minimum atomic E-state index is -0.290. The molecule has 2 aromatic carbocycles. The van der Waals surface area contributed by atoms with E-state index in [0.717, 1.165) is 30.6 Å². The Bertz CT molecular complexity index is 1190. The normalized spacial score (nSPS) is 16.0. The second kappa shape index (κ2) is 9.40. The molecule has 0 saturated carbocycles. The number of ether oxygens (including phenoxy) is 1. The molecular formula is C22H19ClFN5O2S. The van der Waals surface area contributed by atoms with E-state index in [9.17, 15) is 4.39 Å². The van der Waals surface area contributed by atoms with Gasteiger partial charge in [0.15, 0.2) is 11.0 Å². The molecule has 0 N–H and O–H groups in total. The highest BCUT2D eigenvalue weighted by Crippen LogP contribution is 2.29. The van der Waals surface area contributed by atoms with Crippen LogP contribution in [0.5, 0.6) is 0 Å². The van der Waals surface area contributed by atoms with Gasteiger partial charge in [0.05, 0.1) is 18.4 Å². The maximum Gasteiger partial charge on any atom is 0.237 e. The van der Waals surface area contributed by atoms with Gasteiger partial charge in [0.2, 0.25) is 11.7 Å². The van der Waals surface area contributed by atoms with Crippen molar-refractivity contribution in [1.29, 1.82) is 0 Å². The van der Waals surface area contributed by atoms with E-state index in [1.165, 1.54) is 23.9 Å². The van der Waals surface area contributed by atoms with Gasteiger partial charge in [-0.05, 0) is 61.4 Å². The Kier molecular flexibility index (Phi) is 6.20. The molecule has 2 aromatic heterocycles. The summed E-state index contributed by atoms with van der Waals surface area (Å²) in [4.78, 5) is 4.47. The Morgan fingerprint density at radius 1 is 1.06 bits per heavy atom. The van der Waals surface area contributed by atoms with E-state index >= 15 is 0 Å². The fraction of sp³-hybridized carbons (Fsp3) is 0.273. The molecule has 1 unspecified atom stereocenters. The second-order valence-corrected chi connectivity index (χ2v) is 8.74. The Morgan fingerprint density at radius 3 is 2.59 bits per heavy atom. The van der Waals surface area contributed by atoms with Gasteiger partial charge in [-0.1, -0.05) is 28.5 Å². The minimum absolute atomic E-state index is 0.101. The average Bonchev–Trinajstić information content (AvgIpc) is 3.56. The van der Waals surface area contributed by atoms with Crippen LogP contribution >= 0.6 is 23.4 Å². The Morgan fingerprint density at radius 2 is 1.84 bits per heavy atom. The molecule has 5 rings (SSSR count). The van der Waals surface area contributed by atoms with Crippen molar-refractivity contribution >= 4 is 23.4 Å². The lowest BCUT2D eigenvalue weighted by atomic mass is 10.2. The topological polar surface area (TPSA) is 78.9 Å². The molecule has 7 nitrogen and oxygen atoms in total. The van der Waals surface area contributed by atoms with Crippen LogP contribution in [-0.2, 0) is 17.0 Å². The van der Waals surface area contributed by atoms with Gasteiger partial charge in [0.25, 0.3) is 0 Å². The zero-order valence-electron chi connectivity index (χ0n) is 16.9. The summed E-state index contributed by atoms with van der Waals surface area (Å²) in [6.07, 6.45) is 2.13. The number of rotatable bonds is 7. The maximum atomic E-state index is 13.4. The molecule has 0 aliphatic carbocycles. The highest BCUT2D eigenvalue weighted by Gasteiger charge is 2.22. The number of nitrogens with zero attached hydrogens (tertiary/aromatic N) is 5. The van der Waals surface area contributed by atoms with E-state index in [1.54, 1.807) is 24.3 Å². The molecule has 32 heavy (non-hydrogen) atoms. The summed E-state index contributed by atoms with van der Waals surface area (Å²) in [5, 5.41) is 14.2. The van der Waals surface area contributed by atoms with Gasteiger partial charge in [-0.3, -0.25) is 4.57 Å².